The van der Waals surface area contributed by atoms with Crippen molar-refractivity contribution in [2.75, 3.05) is 13.7 Å². The number of carbonyl (C=O) groups is 2. The quantitative estimate of drug-likeness (QED) is 0.648. The normalized spacial score (nSPS) is 21.6. The summed E-state index contributed by atoms with van der Waals surface area (Å²) in [7, 11) is 1.61. The molecule has 1 aromatic carbocycles. The van der Waals surface area contributed by atoms with Crippen LogP contribution < -0.4 is 10.1 Å². The van der Waals surface area contributed by atoms with Crippen molar-refractivity contribution in [2.45, 2.75) is 58.9 Å². The number of nitrogens with zero attached hydrogens (tertiary/aromatic N) is 3. The molecule has 2 aromatic rings. The second kappa shape index (κ2) is 7.98. The molecular formula is C27H31ClN4O3. The monoisotopic (exact) mass is 494 g/mol. The lowest BCUT2D eigenvalue weighted by atomic mass is 9.77. The predicted octanol–water partition coefficient (Wildman–Crippen LogP) is 5.00. The Hall–Kier alpha value is -3.06. The number of hydrogen-bond donors (Lipinski definition) is 1. The molecule has 0 bridgehead atoms. The van der Waals surface area contributed by atoms with Gasteiger partial charge in [0, 0.05) is 22.8 Å². The number of fused-ring (bicyclic) bond motifs is 3. The van der Waals surface area contributed by atoms with Gasteiger partial charge in [0.25, 0.3) is 11.8 Å². The van der Waals surface area contributed by atoms with E-state index in [-0.39, 0.29) is 23.1 Å². The van der Waals surface area contributed by atoms with Crippen molar-refractivity contribution >= 4 is 23.4 Å². The summed E-state index contributed by atoms with van der Waals surface area (Å²) < 4.78 is 7.41. The molecule has 3 heterocycles. The van der Waals surface area contributed by atoms with E-state index in [0.717, 1.165) is 17.0 Å². The molecule has 0 radical (unpaired) electrons. The van der Waals surface area contributed by atoms with Crippen LogP contribution in [0.4, 0.5) is 0 Å². The van der Waals surface area contributed by atoms with Crippen LogP contribution in [-0.4, -0.2) is 40.1 Å². The van der Waals surface area contributed by atoms with E-state index in [9.17, 15) is 9.59 Å². The van der Waals surface area contributed by atoms with Crippen molar-refractivity contribution in [1.82, 2.24) is 20.0 Å². The Morgan fingerprint density at radius 2 is 1.91 bits per heavy atom. The highest BCUT2D eigenvalue weighted by Gasteiger charge is 2.64. The van der Waals surface area contributed by atoms with Crippen LogP contribution >= 0.6 is 11.6 Å². The molecule has 0 fully saturated rings. The second-order valence-corrected chi connectivity index (χ2v) is 11.4. The fourth-order valence-electron chi connectivity index (χ4n) is 5.62. The molecule has 35 heavy (non-hydrogen) atoms. The summed E-state index contributed by atoms with van der Waals surface area (Å²) in [4.78, 5) is 29.9. The van der Waals surface area contributed by atoms with Crippen LogP contribution in [0.3, 0.4) is 0 Å². The molecule has 0 saturated heterocycles. The molecule has 1 N–H and O–H groups in total. The van der Waals surface area contributed by atoms with Gasteiger partial charge in [-0.2, -0.15) is 5.10 Å². The first-order valence-electron chi connectivity index (χ1n) is 12.0. The topological polar surface area (TPSA) is 76.5 Å². The van der Waals surface area contributed by atoms with Crippen molar-refractivity contribution in [2.24, 2.45) is 5.41 Å². The van der Waals surface area contributed by atoms with Gasteiger partial charge < -0.3 is 15.0 Å². The maximum Gasteiger partial charge on any atom is 0.276 e. The molecule has 1 unspecified atom stereocenters. The summed E-state index contributed by atoms with van der Waals surface area (Å²) in [5.74, 6) is 0.181. The minimum atomic E-state index is -1.25. The predicted molar refractivity (Wildman–Crippen MR) is 135 cm³/mol. The van der Waals surface area contributed by atoms with E-state index in [4.69, 9.17) is 21.4 Å². The number of ether oxygens (including phenoxy) is 1. The Morgan fingerprint density at radius 3 is 2.57 bits per heavy atom. The first-order chi connectivity index (χ1) is 16.5. The van der Waals surface area contributed by atoms with Gasteiger partial charge in [-0.1, -0.05) is 58.4 Å². The SMILES string of the molecule is COc1ccccc1-n1nc2c(c1C(C)C)C1(C(=O)NC3=C1CCC(Cl)=C3)N(CC(C)(C)C)C2=O. The number of aromatic nitrogens is 2. The van der Waals surface area contributed by atoms with Crippen molar-refractivity contribution < 1.29 is 14.3 Å². The molecule has 0 saturated carbocycles. The van der Waals surface area contributed by atoms with Crippen molar-refractivity contribution in [3.05, 3.63) is 63.6 Å². The van der Waals surface area contributed by atoms with Gasteiger partial charge in [0.15, 0.2) is 11.2 Å². The van der Waals surface area contributed by atoms with Crippen LogP contribution in [0.25, 0.3) is 5.69 Å². The Bertz CT molecular complexity index is 1310. The van der Waals surface area contributed by atoms with E-state index >= 15 is 0 Å². The van der Waals surface area contributed by atoms with Gasteiger partial charge >= 0.3 is 0 Å². The lowest BCUT2D eigenvalue weighted by Crippen LogP contribution is -2.54. The van der Waals surface area contributed by atoms with Gasteiger partial charge in [0.2, 0.25) is 0 Å². The average Bonchev–Trinajstić information content (AvgIpc) is 3.38. The molecule has 8 heteroatoms. The van der Waals surface area contributed by atoms with Gasteiger partial charge in [-0.25, -0.2) is 4.68 Å². The Labute approximate surface area is 210 Å². The molecule has 3 aliphatic rings. The lowest BCUT2D eigenvalue weighted by molar-refractivity contribution is -0.128. The van der Waals surface area contributed by atoms with E-state index in [2.05, 4.69) is 39.9 Å². The Morgan fingerprint density at radius 1 is 1.20 bits per heavy atom. The molecule has 5 rings (SSSR count). The number of halogens is 1. The van der Waals surface area contributed by atoms with Crippen LogP contribution in [0.5, 0.6) is 5.75 Å². The number of methoxy groups -OCH3 is 1. The van der Waals surface area contributed by atoms with E-state index in [1.165, 1.54) is 0 Å². The van der Waals surface area contributed by atoms with Crippen LogP contribution in [0.15, 0.2) is 46.6 Å². The number of benzene rings is 1. The molecule has 1 spiro atoms. The molecule has 2 aliphatic heterocycles. The highest BCUT2D eigenvalue weighted by atomic mass is 35.5. The van der Waals surface area contributed by atoms with Gasteiger partial charge in [-0.15, -0.1) is 0 Å². The van der Waals surface area contributed by atoms with Gasteiger partial charge in [0.05, 0.1) is 12.8 Å². The first kappa shape index (κ1) is 23.7. The van der Waals surface area contributed by atoms with Crippen LogP contribution in [-0.2, 0) is 10.3 Å². The van der Waals surface area contributed by atoms with Gasteiger partial charge in [0.1, 0.15) is 11.4 Å². The van der Waals surface area contributed by atoms with E-state index < -0.39 is 5.54 Å². The molecule has 184 valence electrons. The summed E-state index contributed by atoms with van der Waals surface area (Å²) in [5.41, 5.74) is 2.69. The largest absolute Gasteiger partial charge is 0.494 e. The number of allylic oxidation sites excluding steroid dienone is 2. The smallest absolute Gasteiger partial charge is 0.276 e. The lowest BCUT2D eigenvalue weighted by Gasteiger charge is -2.40. The number of hydrogen-bond acceptors (Lipinski definition) is 4. The number of carbonyl (C=O) groups excluding carboxylic acids is 2. The third-order valence-corrected chi connectivity index (χ3v) is 7.18. The van der Waals surface area contributed by atoms with Crippen molar-refractivity contribution in [3.63, 3.8) is 0 Å². The summed E-state index contributed by atoms with van der Waals surface area (Å²) >= 11 is 6.36. The highest BCUT2D eigenvalue weighted by Crippen LogP contribution is 2.54. The molecule has 2 amide bonds. The van der Waals surface area contributed by atoms with E-state index in [1.807, 2.05) is 30.3 Å². The summed E-state index contributed by atoms with van der Waals surface area (Å²) in [6.45, 7) is 10.8. The molecule has 1 atom stereocenters. The maximum absolute atomic E-state index is 14.1. The van der Waals surface area contributed by atoms with E-state index in [1.54, 1.807) is 16.7 Å². The fraction of sp³-hybridized carbons (Fsp3) is 0.444. The first-order valence-corrected chi connectivity index (χ1v) is 12.4. The number of rotatable bonds is 4. The summed E-state index contributed by atoms with van der Waals surface area (Å²) in [5, 5.41) is 8.61. The van der Waals surface area contributed by atoms with Crippen LogP contribution in [0.1, 0.15) is 75.1 Å². The summed E-state index contributed by atoms with van der Waals surface area (Å²) in [6, 6.07) is 7.59. The Balaban J connectivity index is 1.85. The minimum Gasteiger partial charge on any atom is -0.494 e. The number of para-hydroxylation sites is 2. The van der Waals surface area contributed by atoms with Gasteiger partial charge in [-0.3, -0.25) is 9.59 Å². The average molecular weight is 495 g/mol. The maximum atomic E-state index is 14.1. The summed E-state index contributed by atoms with van der Waals surface area (Å²) in [6.07, 6.45) is 3.04. The third-order valence-electron chi connectivity index (χ3n) is 6.88. The molecule has 1 aliphatic carbocycles. The van der Waals surface area contributed by atoms with Gasteiger partial charge in [-0.05, 0) is 48.0 Å². The third kappa shape index (κ3) is 3.35. The van der Waals surface area contributed by atoms with Crippen molar-refractivity contribution in [1.29, 1.82) is 0 Å². The molecule has 7 nitrogen and oxygen atoms in total. The van der Waals surface area contributed by atoms with E-state index in [0.29, 0.717) is 47.1 Å². The fourth-order valence-corrected chi connectivity index (χ4v) is 5.82. The Kier molecular flexibility index (Phi) is 5.40. The number of nitrogens with one attached hydrogen (secondary N) is 1. The second-order valence-electron chi connectivity index (χ2n) is 10.9. The highest BCUT2D eigenvalue weighted by molar-refractivity contribution is 6.30. The van der Waals surface area contributed by atoms with Crippen LogP contribution in [0.2, 0.25) is 0 Å². The molecule has 1 aromatic heterocycles. The standard InChI is InChI=1S/C27H31ClN4O3/c1-15(2)23-21-22(30-32(23)19-9-7-8-10-20(19)35-6)24(33)31(14-26(3,4)5)27(21)17-12-11-16(28)13-18(17)29-25(27)34/h7-10,13,15H,11-12,14H2,1-6H3,(H,29,34). The minimum absolute atomic E-state index is 0.0180. The van der Waals surface area contributed by atoms with Crippen molar-refractivity contribution in [3.8, 4) is 11.4 Å². The number of amides is 2. The zero-order chi connectivity index (χ0) is 25.3. The zero-order valence-electron chi connectivity index (χ0n) is 21.0. The zero-order valence-corrected chi connectivity index (χ0v) is 21.8. The van der Waals surface area contributed by atoms with Crippen LogP contribution in [0, 0.1) is 5.41 Å². The molecular weight excluding hydrogens is 464 g/mol.